The number of anilines is 3. The van der Waals surface area contributed by atoms with E-state index in [0.717, 1.165) is 5.56 Å². The third-order valence-electron chi connectivity index (χ3n) is 5.86. The van der Waals surface area contributed by atoms with Crippen molar-refractivity contribution in [2.75, 3.05) is 41.9 Å². The van der Waals surface area contributed by atoms with Crippen molar-refractivity contribution in [1.82, 2.24) is 10.3 Å². The molecule has 4 heterocycles. The lowest BCUT2D eigenvalue weighted by atomic mass is 9.82. The zero-order chi connectivity index (χ0) is 24.5. The number of thioether (sulfide) groups is 1. The van der Waals surface area contributed by atoms with Crippen LogP contribution in [0.15, 0.2) is 57.3 Å². The summed E-state index contributed by atoms with van der Waals surface area (Å²) < 4.78 is 24.6. The summed E-state index contributed by atoms with van der Waals surface area (Å²) in [6.07, 6.45) is 1.71. The Bertz CT molecular complexity index is 1330. The maximum Gasteiger partial charge on any atom is 0.356 e. The smallest absolute Gasteiger partial charge is 0.356 e. The number of nitrogens with two attached hydrogens (primary N) is 1. The Morgan fingerprint density at radius 2 is 2.17 bits per heavy atom. The normalized spacial score (nSPS) is 17.0. The van der Waals surface area contributed by atoms with Gasteiger partial charge < -0.3 is 35.8 Å². The van der Waals surface area contributed by atoms with Crippen molar-refractivity contribution in [2.45, 2.75) is 17.9 Å². The van der Waals surface area contributed by atoms with Crippen LogP contribution in [0.25, 0.3) is 0 Å². The van der Waals surface area contributed by atoms with Gasteiger partial charge in [0.2, 0.25) is 0 Å². The molecule has 1 atom stereocenters. The summed E-state index contributed by atoms with van der Waals surface area (Å²) in [6, 6.07) is 7.86. The van der Waals surface area contributed by atoms with E-state index in [1.807, 2.05) is 12.1 Å². The molecule has 6 N–H and O–H groups in total. The average Bonchev–Trinajstić information content (AvgIpc) is 3.47. The fourth-order valence-electron chi connectivity index (χ4n) is 4.32. The van der Waals surface area contributed by atoms with Crippen LogP contribution >= 0.6 is 11.8 Å². The van der Waals surface area contributed by atoms with Crippen molar-refractivity contribution in [3.8, 4) is 0 Å². The minimum atomic E-state index is -0.471. The summed E-state index contributed by atoms with van der Waals surface area (Å²) in [5.41, 5.74) is 9.76. The number of carbonyl (C=O) groups excluding carboxylic acids is 2. The number of furan rings is 1. The van der Waals surface area contributed by atoms with Gasteiger partial charge in [-0.1, -0.05) is 11.8 Å². The lowest BCUT2D eigenvalue weighted by Gasteiger charge is -2.31. The second-order valence-electron chi connectivity index (χ2n) is 8.05. The van der Waals surface area contributed by atoms with Gasteiger partial charge in [-0.3, -0.25) is 4.79 Å². The predicted octanol–water partition coefficient (Wildman–Crippen LogP) is 3.65. The summed E-state index contributed by atoms with van der Waals surface area (Å²) in [7, 11) is 0. The van der Waals surface area contributed by atoms with E-state index < -0.39 is 17.7 Å². The average molecular weight is 498 g/mol. The number of hydrogen-bond acceptors (Lipinski definition) is 9. The molecule has 11 heteroatoms. The SMILES string of the molecule is CCOC(=O)c1[nH]cc2c1NC1=C(C(=O)CNC1)C2c1ccc(SCNc2ccc(F)cc2N)o1. The molecule has 0 aliphatic carbocycles. The van der Waals surface area contributed by atoms with Crippen LogP contribution in [0.1, 0.15) is 34.7 Å². The molecule has 5 rings (SSSR count). The first kappa shape index (κ1) is 23.1. The quantitative estimate of drug-likeness (QED) is 0.143. The van der Waals surface area contributed by atoms with Crippen molar-refractivity contribution in [1.29, 1.82) is 0 Å². The van der Waals surface area contributed by atoms with Crippen LogP contribution in [0, 0.1) is 5.82 Å². The van der Waals surface area contributed by atoms with Gasteiger partial charge in [-0.05, 0) is 37.3 Å². The van der Waals surface area contributed by atoms with Crippen LogP contribution in [-0.4, -0.2) is 42.3 Å². The molecule has 3 aromatic rings. The molecule has 0 saturated carbocycles. The number of halogens is 1. The Morgan fingerprint density at radius 1 is 1.31 bits per heavy atom. The molecular weight excluding hydrogens is 473 g/mol. The summed E-state index contributed by atoms with van der Waals surface area (Å²) in [5.74, 6) is -0.337. The maximum absolute atomic E-state index is 13.3. The number of rotatable bonds is 7. The summed E-state index contributed by atoms with van der Waals surface area (Å²) in [5, 5.41) is 10.1. The number of nitrogen functional groups attached to an aromatic ring is 1. The molecule has 1 unspecified atom stereocenters. The Balaban J connectivity index is 1.41. The Morgan fingerprint density at radius 3 is 2.97 bits per heavy atom. The van der Waals surface area contributed by atoms with Crippen molar-refractivity contribution in [3.63, 3.8) is 0 Å². The first-order valence-corrected chi connectivity index (χ1v) is 12.1. The van der Waals surface area contributed by atoms with Gasteiger partial charge in [-0.2, -0.15) is 0 Å². The predicted molar refractivity (Wildman–Crippen MR) is 131 cm³/mol. The molecule has 0 fully saturated rings. The van der Waals surface area contributed by atoms with Gasteiger partial charge in [0.15, 0.2) is 10.9 Å². The van der Waals surface area contributed by atoms with E-state index in [4.69, 9.17) is 14.9 Å². The molecule has 2 aromatic heterocycles. The fourth-order valence-corrected chi connectivity index (χ4v) is 5.01. The van der Waals surface area contributed by atoms with Gasteiger partial charge in [0.1, 0.15) is 17.3 Å². The number of aromatic nitrogens is 1. The molecule has 35 heavy (non-hydrogen) atoms. The van der Waals surface area contributed by atoms with Gasteiger partial charge in [0, 0.05) is 29.6 Å². The molecule has 0 radical (unpaired) electrons. The topological polar surface area (TPSA) is 134 Å². The molecule has 2 aliphatic rings. The van der Waals surface area contributed by atoms with Crippen LogP contribution in [0.5, 0.6) is 0 Å². The van der Waals surface area contributed by atoms with Crippen molar-refractivity contribution in [2.24, 2.45) is 0 Å². The molecule has 182 valence electrons. The highest BCUT2D eigenvalue weighted by Crippen LogP contribution is 2.45. The zero-order valence-electron chi connectivity index (χ0n) is 18.9. The number of hydrogen-bond donors (Lipinski definition) is 5. The largest absolute Gasteiger partial charge is 0.461 e. The lowest BCUT2D eigenvalue weighted by Crippen LogP contribution is -2.39. The van der Waals surface area contributed by atoms with Gasteiger partial charge in [0.25, 0.3) is 0 Å². The highest BCUT2D eigenvalue weighted by molar-refractivity contribution is 7.99. The van der Waals surface area contributed by atoms with E-state index in [9.17, 15) is 14.0 Å². The van der Waals surface area contributed by atoms with Gasteiger partial charge in [-0.15, -0.1) is 0 Å². The Kier molecular flexibility index (Phi) is 6.27. The number of nitrogens with one attached hydrogen (secondary N) is 4. The standard InChI is InChI=1S/C24H24FN5O4S/c1-2-33-24(32)23-22-13(8-28-23)20(21-16(30-22)9-27-10-17(21)31)18-5-6-19(34-18)35-11-29-15-4-3-12(25)7-14(15)26/h3-8,20,27-30H,2,9-11,26H2,1H3. The van der Waals surface area contributed by atoms with Crippen LogP contribution in [0.4, 0.5) is 21.5 Å². The number of ether oxygens (including phenoxy) is 1. The van der Waals surface area contributed by atoms with E-state index >= 15 is 0 Å². The summed E-state index contributed by atoms with van der Waals surface area (Å²) >= 11 is 1.40. The molecule has 0 saturated heterocycles. The summed E-state index contributed by atoms with van der Waals surface area (Å²) in [4.78, 5) is 28.4. The van der Waals surface area contributed by atoms with E-state index in [-0.39, 0.29) is 18.9 Å². The first-order valence-electron chi connectivity index (χ1n) is 11.1. The molecule has 0 bridgehead atoms. The van der Waals surface area contributed by atoms with Crippen molar-refractivity contribution >= 4 is 40.6 Å². The highest BCUT2D eigenvalue weighted by Gasteiger charge is 2.39. The van der Waals surface area contributed by atoms with E-state index in [1.54, 1.807) is 19.2 Å². The second-order valence-corrected chi connectivity index (χ2v) is 9.03. The number of benzene rings is 1. The zero-order valence-corrected chi connectivity index (χ0v) is 19.7. The third kappa shape index (κ3) is 4.40. The molecule has 0 spiro atoms. The lowest BCUT2D eigenvalue weighted by molar-refractivity contribution is -0.115. The number of H-pyrrole nitrogens is 1. The van der Waals surface area contributed by atoms with Crippen LogP contribution in [0.2, 0.25) is 0 Å². The van der Waals surface area contributed by atoms with Crippen molar-refractivity contribution in [3.05, 3.63) is 70.6 Å². The number of fused-ring (bicyclic) bond motifs is 1. The number of Topliss-reactive ketones (excluding diaryl/α,β-unsaturated/α-hetero) is 1. The van der Waals surface area contributed by atoms with Gasteiger partial charge in [-0.25, -0.2) is 9.18 Å². The molecule has 0 amide bonds. The highest BCUT2D eigenvalue weighted by atomic mass is 32.2. The van der Waals surface area contributed by atoms with Gasteiger partial charge >= 0.3 is 5.97 Å². The number of ketones is 1. The van der Waals surface area contributed by atoms with Crippen LogP contribution in [-0.2, 0) is 9.53 Å². The summed E-state index contributed by atoms with van der Waals surface area (Å²) in [6.45, 7) is 2.69. The second kappa shape index (κ2) is 9.51. The third-order valence-corrected chi connectivity index (χ3v) is 6.65. The molecule has 1 aromatic carbocycles. The molecular formula is C24H24FN5O4S. The Hall–Kier alpha value is -3.70. The van der Waals surface area contributed by atoms with Crippen LogP contribution < -0.4 is 21.7 Å². The monoisotopic (exact) mass is 497 g/mol. The van der Waals surface area contributed by atoms with E-state index in [0.29, 0.717) is 57.3 Å². The Labute approximate surface area is 204 Å². The number of aromatic amines is 1. The fraction of sp³-hybridized carbons (Fsp3) is 0.250. The minimum absolute atomic E-state index is 0.0349. The van der Waals surface area contributed by atoms with Gasteiger partial charge in [0.05, 0.1) is 42.0 Å². The van der Waals surface area contributed by atoms with E-state index in [2.05, 4.69) is 20.9 Å². The molecule has 9 nitrogen and oxygen atoms in total. The number of esters is 1. The molecule has 2 aliphatic heterocycles. The van der Waals surface area contributed by atoms with Crippen molar-refractivity contribution < 1.29 is 23.1 Å². The number of carbonyl (C=O) groups is 2. The van der Waals surface area contributed by atoms with E-state index in [1.165, 1.54) is 23.9 Å². The van der Waals surface area contributed by atoms with Crippen LogP contribution in [0.3, 0.4) is 0 Å². The minimum Gasteiger partial charge on any atom is -0.461 e. The first-order chi connectivity index (χ1) is 17.0. The maximum atomic E-state index is 13.3.